The SMILES string of the molecule is C1=CC2c3cc(-c4ccc5c(c4)c4ccccc4n5-c4ccc5c(c4)sc4ccccc45)ccc3N(c3ccccc3-c3ccccc3)C2C=C1. The molecule has 1 aliphatic carbocycles. The van der Waals surface area contributed by atoms with E-state index in [4.69, 9.17) is 0 Å². The van der Waals surface area contributed by atoms with Crippen molar-refractivity contribution in [3.05, 3.63) is 188 Å². The summed E-state index contributed by atoms with van der Waals surface area (Å²) in [7, 11) is 0. The third-order valence-corrected chi connectivity index (χ3v) is 12.1. The Morgan fingerprint density at radius 1 is 0.451 bits per heavy atom. The molecule has 1 aliphatic heterocycles. The van der Waals surface area contributed by atoms with E-state index in [-0.39, 0.29) is 12.0 Å². The maximum Gasteiger partial charge on any atom is 0.0629 e. The Balaban J connectivity index is 1.04. The van der Waals surface area contributed by atoms with Crippen LogP contribution in [0.2, 0.25) is 0 Å². The fraction of sp³-hybridized carbons (Fsp3) is 0.0417. The molecule has 0 radical (unpaired) electrons. The lowest BCUT2D eigenvalue weighted by molar-refractivity contribution is 0.745. The van der Waals surface area contributed by atoms with E-state index in [1.807, 2.05) is 11.3 Å². The van der Waals surface area contributed by atoms with Crippen LogP contribution in [-0.4, -0.2) is 10.6 Å². The Kier molecular flexibility index (Phi) is 6.28. The zero-order valence-electron chi connectivity index (χ0n) is 27.8. The highest BCUT2D eigenvalue weighted by Gasteiger charge is 2.38. The number of anilines is 2. The third-order valence-electron chi connectivity index (χ3n) is 10.9. The molecule has 2 aliphatic rings. The number of hydrogen-bond donors (Lipinski definition) is 0. The normalized spacial score (nSPS) is 16.4. The van der Waals surface area contributed by atoms with Crippen molar-refractivity contribution in [1.82, 2.24) is 4.57 Å². The molecule has 0 spiro atoms. The first-order valence-corrected chi connectivity index (χ1v) is 18.5. The van der Waals surface area contributed by atoms with Crippen molar-refractivity contribution in [3.63, 3.8) is 0 Å². The van der Waals surface area contributed by atoms with Gasteiger partial charge in [-0.3, -0.25) is 0 Å². The smallest absolute Gasteiger partial charge is 0.0629 e. The van der Waals surface area contributed by atoms with Crippen LogP contribution < -0.4 is 4.90 Å². The van der Waals surface area contributed by atoms with E-state index in [0.717, 1.165) is 0 Å². The summed E-state index contributed by atoms with van der Waals surface area (Å²) in [6, 6.07) is 58.5. The van der Waals surface area contributed by atoms with Crippen LogP contribution in [0.25, 0.3) is 69.9 Å². The van der Waals surface area contributed by atoms with Crippen molar-refractivity contribution in [3.8, 4) is 27.9 Å². The summed E-state index contributed by atoms with van der Waals surface area (Å²) in [6.07, 6.45) is 9.15. The maximum atomic E-state index is 2.55. The lowest BCUT2D eigenvalue weighted by atomic mass is 9.89. The Bertz CT molecular complexity index is 2890. The molecule has 0 saturated carbocycles. The van der Waals surface area contributed by atoms with Gasteiger partial charge in [0.1, 0.15) is 0 Å². The van der Waals surface area contributed by atoms with Gasteiger partial charge >= 0.3 is 0 Å². The number of allylic oxidation sites excluding steroid dienone is 2. The minimum Gasteiger partial charge on any atom is -0.333 e. The van der Waals surface area contributed by atoms with Crippen LogP contribution in [0.1, 0.15) is 11.5 Å². The fourth-order valence-electron chi connectivity index (χ4n) is 8.63. The zero-order chi connectivity index (χ0) is 33.5. The highest BCUT2D eigenvalue weighted by atomic mass is 32.1. The summed E-state index contributed by atoms with van der Waals surface area (Å²) in [6.45, 7) is 0. The fourth-order valence-corrected chi connectivity index (χ4v) is 9.77. The first-order valence-electron chi connectivity index (χ1n) is 17.7. The number of aromatic nitrogens is 1. The number of rotatable bonds is 4. The average molecular weight is 669 g/mol. The molecule has 3 heteroatoms. The summed E-state index contributed by atoms with van der Waals surface area (Å²) in [5.41, 5.74) is 12.5. The molecule has 2 atom stereocenters. The third kappa shape index (κ3) is 4.35. The van der Waals surface area contributed by atoms with Crippen molar-refractivity contribution < 1.29 is 0 Å². The van der Waals surface area contributed by atoms with Gasteiger partial charge in [-0.25, -0.2) is 0 Å². The predicted octanol–water partition coefficient (Wildman–Crippen LogP) is 13.2. The number of para-hydroxylation sites is 2. The monoisotopic (exact) mass is 668 g/mol. The second-order valence-corrected chi connectivity index (χ2v) is 14.8. The molecule has 2 aromatic heterocycles. The summed E-state index contributed by atoms with van der Waals surface area (Å²) in [5, 5.41) is 5.21. The lowest BCUT2D eigenvalue weighted by Gasteiger charge is -2.30. The van der Waals surface area contributed by atoms with Crippen molar-refractivity contribution in [2.75, 3.05) is 4.90 Å². The topological polar surface area (TPSA) is 8.17 Å². The van der Waals surface area contributed by atoms with Crippen molar-refractivity contribution in [2.45, 2.75) is 12.0 Å². The summed E-state index contributed by atoms with van der Waals surface area (Å²) in [4.78, 5) is 2.55. The van der Waals surface area contributed by atoms with Crippen LogP contribution in [0, 0.1) is 0 Å². The molecule has 11 rings (SSSR count). The molecule has 7 aromatic carbocycles. The van der Waals surface area contributed by atoms with Gasteiger partial charge in [0.05, 0.1) is 17.1 Å². The first kappa shape index (κ1) is 28.7. The molecule has 0 N–H and O–H groups in total. The Morgan fingerprint density at radius 3 is 2.12 bits per heavy atom. The van der Waals surface area contributed by atoms with E-state index < -0.39 is 0 Å². The van der Waals surface area contributed by atoms with Crippen molar-refractivity contribution in [2.24, 2.45) is 0 Å². The average Bonchev–Trinajstić information content (AvgIpc) is 3.85. The van der Waals surface area contributed by atoms with Crippen molar-refractivity contribution in [1.29, 1.82) is 0 Å². The second-order valence-electron chi connectivity index (χ2n) is 13.7. The standard InChI is InChI=1S/C48H32N2S/c1-2-12-31(13-3-1)35-14-4-8-18-42(35)50-44-20-10-6-16-37(44)41-29-33(23-27-46(41)50)32-22-26-45-40(28-32)36-15-5-9-19-43(36)49(45)34-24-25-39-38-17-7-11-21-47(38)51-48(39)30-34/h1-30,37,44H. The van der Waals surface area contributed by atoms with E-state index in [2.05, 4.69) is 191 Å². The first-order chi connectivity index (χ1) is 25.3. The van der Waals surface area contributed by atoms with Crippen LogP contribution in [0.4, 0.5) is 11.4 Å². The molecule has 240 valence electrons. The molecule has 0 bridgehead atoms. The number of hydrogen-bond acceptors (Lipinski definition) is 2. The van der Waals surface area contributed by atoms with Gasteiger partial charge in [0.15, 0.2) is 0 Å². The summed E-state index contributed by atoms with van der Waals surface area (Å²) >= 11 is 1.87. The van der Waals surface area contributed by atoms with E-state index >= 15 is 0 Å². The zero-order valence-corrected chi connectivity index (χ0v) is 28.6. The second kappa shape index (κ2) is 11.2. The van der Waals surface area contributed by atoms with Gasteiger partial charge in [0.25, 0.3) is 0 Å². The van der Waals surface area contributed by atoms with Gasteiger partial charge in [0.2, 0.25) is 0 Å². The van der Waals surface area contributed by atoms with Gasteiger partial charge in [0, 0.05) is 59.5 Å². The van der Waals surface area contributed by atoms with Crippen LogP contribution in [0.3, 0.4) is 0 Å². The molecular weight excluding hydrogens is 637 g/mol. The van der Waals surface area contributed by atoms with Crippen molar-refractivity contribution >= 4 is 64.7 Å². The van der Waals surface area contributed by atoms with E-state index in [9.17, 15) is 0 Å². The molecule has 0 fully saturated rings. The molecule has 0 amide bonds. The number of fused-ring (bicyclic) bond motifs is 9. The number of thiophene rings is 1. The van der Waals surface area contributed by atoms with E-state index in [1.54, 1.807) is 0 Å². The van der Waals surface area contributed by atoms with Crippen LogP contribution >= 0.6 is 11.3 Å². The summed E-state index contributed by atoms with van der Waals surface area (Å²) < 4.78 is 5.09. The molecule has 0 saturated heterocycles. The molecular formula is C48H32N2S. The van der Waals surface area contributed by atoms with Gasteiger partial charge in [-0.15, -0.1) is 11.3 Å². The highest BCUT2D eigenvalue weighted by Crippen LogP contribution is 2.51. The summed E-state index contributed by atoms with van der Waals surface area (Å²) in [5.74, 6) is 0.281. The lowest BCUT2D eigenvalue weighted by Crippen LogP contribution is -2.28. The van der Waals surface area contributed by atoms with Gasteiger partial charge in [-0.1, -0.05) is 127 Å². The largest absolute Gasteiger partial charge is 0.333 e. The van der Waals surface area contributed by atoms with Gasteiger partial charge in [-0.2, -0.15) is 0 Å². The van der Waals surface area contributed by atoms with Crippen LogP contribution in [0.5, 0.6) is 0 Å². The van der Waals surface area contributed by atoms with Gasteiger partial charge in [-0.05, 0) is 76.9 Å². The quantitative estimate of drug-likeness (QED) is 0.181. The number of nitrogens with zero attached hydrogens (tertiary/aromatic N) is 2. The molecule has 51 heavy (non-hydrogen) atoms. The Hall–Kier alpha value is -6.16. The predicted molar refractivity (Wildman–Crippen MR) is 218 cm³/mol. The minimum atomic E-state index is 0.226. The molecule has 2 unspecified atom stereocenters. The minimum absolute atomic E-state index is 0.226. The molecule has 2 nitrogen and oxygen atoms in total. The Morgan fingerprint density at radius 2 is 1.18 bits per heavy atom. The highest BCUT2D eigenvalue weighted by molar-refractivity contribution is 7.25. The number of benzene rings is 7. The van der Waals surface area contributed by atoms with Gasteiger partial charge < -0.3 is 9.47 Å². The molecule has 3 heterocycles. The van der Waals surface area contributed by atoms with E-state index in [0.29, 0.717) is 0 Å². The van der Waals surface area contributed by atoms with E-state index in [1.165, 1.54) is 86.9 Å². The van der Waals surface area contributed by atoms with Crippen LogP contribution in [-0.2, 0) is 0 Å². The van der Waals surface area contributed by atoms with Crippen LogP contribution in [0.15, 0.2) is 182 Å². The Labute approximate surface area is 300 Å². The molecule has 9 aromatic rings. The maximum absolute atomic E-state index is 2.55.